The Kier molecular flexibility index (Phi) is 6.58. The van der Waals surface area contributed by atoms with Crippen molar-refractivity contribution in [1.82, 2.24) is 5.32 Å². The Bertz CT molecular complexity index is 752. The molecule has 0 aliphatic heterocycles. The number of carbonyl (C=O) groups is 1. The lowest BCUT2D eigenvalue weighted by molar-refractivity contribution is 0.136. The summed E-state index contributed by atoms with van der Waals surface area (Å²) >= 11 is 0. The van der Waals surface area contributed by atoms with Gasteiger partial charge in [0.15, 0.2) is 5.78 Å². The van der Waals surface area contributed by atoms with E-state index >= 15 is 0 Å². The zero-order valence-electron chi connectivity index (χ0n) is 13.9. The zero-order valence-corrected chi connectivity index (χ0v) is 14.8. The molecule has 2 aromatic rings. The molecule has 0 spiro atoms. The molecule has 2 rings (SSSR count). The summed E-state index contributed by atoms with van der Waals surface area (Å²) in [4.78, 5) is 22.2. The topological polar surface area (TPSA) is 94.1 Å². The number of nitrogens with one attached hydrogen (secondary N) is 1. The summed E-state index contributed by atoms with van der Waals surface area (Å²) in [5.74, 6) is -0.973. The van der Waals surface area contributed by atoms with E-state index in [2.05, 4.69) is 5.32 Å². The smallest absolute Gasteiger partial charge is 0.408 e. The average Bonchev–Trinajstić information content (AvgIpc) is 2.65. The van der Waals surface area contributed by atoms with Gasteiger partial charge in [0.05, 0.1) is 7.11 Å². The van der Waals surface area contributed by atoms with E-state index in [-0.39, 0.29) is 6.61 Å². The Morgan fingerprint density at radius 1 is 1.12 bits per heavy atom. The van der Waals surface area contributed by atoms with E-state index < -0.39 is 19.5 Å². The van der Waals surface area contributed by atoms with Crippen LogP contribution in [0.5, 0.6) is 5.75 Å². The van der Waals surface area contributed by atoms with Crippen molar-refractivity contribution in [2.45, 2.75) is 12.4 Å². The molecule has 0 aromatic heterocycles. The van der Waals surface area contributed by atoms with Crippen LogP contribution in [0, 0.1) is 0 Å². The Morgan fingerprint density at radius 3 is 2.40 bits per heavy atom. The minimum Gasteiger partial charge on any atom is -0.496 e. The number of para-hydroxylation sites is 1. The van der Waals surface area contributed by atoms with Gasteiger partial charge in [-0.15, -0.1) is 0 Å². The summed E-state index contributed by atoms with van der Waals surface area (Å²) in [6.45, 7) is 0.0357. The molecule has 0 heterocycles. The van der Waals surface area contributed by atoms with Crippen molar-refractivity contribution < 1.29 is 28.3 Å². The molecular weight excluding hydrogens is 345 g/mol. The summed E-state index contributed by atoms with van der Waals surface area (Å²) in [6.07, 6.45) is -0.842. The third kappa shape index (κ3) is 5.06. The number of rotatable bonds is 7. The fourth-order valence-corrected chi connectivity index (χ4v) is 3.25. The molecule has 8 heteroatoms. The van der Waals surface area contributed by atoms with E-state index in [0.717, 1.165) is 12.7 Å². The number of amides is 1. The second-order valence-electron chi connectivity index (χ2n) is 5.10. The molecule has 2 N–H and O–H groups in total. The SMILES string of the molecule is COc1ccccc1C(NC(=O)OCc1ccccc1)P(=O)(O)OC. The molecule has 1 amide bonds. The molecule has 0 fully saturated rings. The number of hydrogen-bond donors (Lipinski definition) is 2. The fraction of sp³-hybridized carbons (Fsp3) is 0.235. The van der Waals surface area contributed by atoms with Gasteiger partial charge in [-0.1, -0.05) is 48.5 Å². The Labute approximate surface area is 146 Å². The predicted molar refractivity (Wildman–Crippen MR) is 92.3 cm³/mol. The van der Waals surface area contributed by atoms with Crippen LogP contribution in [0.3, 0.4) is 0 Å². The lowest BCUT2D eigenvalue weighted by atomic mass is 10.2. The molecule has 25 heavy (non-hydrogen) atoms. The standard InChI is InChI=1S/C17H20NO6P/c1-22-15-11-7-6-10-14(15)16(25(20,21)23-2)18-17(19)24-12-13-8-4-3-5-9-13/h3-11,16H,12H2,1-2H3,(H,18,19)(H,20,21). The van der Waals surface area contributed by atoms with Crippen molar-refractivity contribution in [3.8, 4) is 5.75 Å². The first-order valence-electron chi connectivity index (χ1n) is 7.46. The van der Waals surface area contributed by atoms with Crippen LogP contribution in [0.2, 0.25) is 0 Å². The molecule has 7 nitrogen and oxygen atoms in total. The highest BCUT2D eigenvalue weighted by atomic mass is 31.2. The van der Waals surface area contributed by atoms with Gasteiger partial charge in [-0.3, -0.25) is 4.57 Å². The quantitative estimate of drug-likeness (QED) is 0.730. The molecule has 2 unspecified atom stereocenters. The second kappa shape index (κ2) is 8.67. The van der Waals surface area contributed by atoms with Gasteiger partial charge in [0.2, 0.25) is 0 Å². The van der Waals surface area contributed by atoms with Crippen molar-refractivity contribution in [2.75, 3.05) is 14.2 Å². The third-order valence-electron chi connectivity index (χ3n) is 3.49. The lowest BCUT2D eigenvalue weighted by Gasteiger charge is -2.24. The van der Waals surface area contributed by atoms with Gasteiger partial charge in [-0.25, -0.2) is 4.79 Å². The number of alkyl carbamates (subject to hydrolysis) is 1. The predicted octanol–water partition coefficient (Wildman–Crippen LogP) is 3.45. The van der Waals surface area contributed by atoms with Crippen molar-refractivity contribution in [1.29, 1.82) is 0 Å². The zero-order chi connectivity index (χ0) is 18.3. The van der Waals surface area contributed by atoms with E-state index in [9.17, 15) is 14.3 Å². The van der Waals surface area contributed by atoms with Crippen molar-refractivity contribution >= 4 is 13.7 Å². The molecule has 0 saturated heterocycles. The molecule has 0 aliphatic rings. The van der Waals surface area contributed by atoms with Crippen LogP contribution in [0.1, 0.15) is 16.9 Å². The minimum atomic E-state index is -4.19. The molecule has 2 aromatic carbocycles. The molecule has 0 radical (unpaired) electrons. The summed E-state index contributed by atoms with van der Waals surface area (Å²) in [7, 11) is -1.66. The van der Waals surface area contributed by atoms with E-state index in [1.165, 1.54) is 7.11 Å². The Balaban J connectivity index is 2.16. The average molecular weight is 365 g/mol. The van der Waals surface area contributed by atoms with E-state index in [4.69, 9.17) is 14.0 Å². The number of carbonyl (C=O) groups excluding carboxylic acids is 1. The number of methoxy groups -OCH3 is 1. The molecular formula is C17H20NO6P. The van der Waals surface area contributed by atoms with Crippen LogP contribution >= 0.6 is 7.60 Å². The first-order valence-corrected chi connectivity index (χ1v) is 9.11. The lowest BCUT2D eigenvalue weighted by Crippen LogP contribution is -2.29. The fourth-order valence-electron chi connectivity index (χ4n) is 2.21. The Morgan fingerprint density at radius 2 is 1.76 bits per heavy atom. The van der Waals surface area contributed by atoms with E-state index in [0.29, 0.717) is 11.3 Å². The Hall–Kier alpha value is -2.34. The highest BCUT2D eigenvalue weighted by Gasteiger charge is 2.36. The van der Waals surface area contributed by atoms with Gasteiger partial charge in [0.1, 0.15) is 12.4 Å². The highest BCUT2D eigenvalue weighted by molar-refractivity contribution is 7.53. The second-order valence-corrected chi connectivity index (χ2v) is 7.11. The van der Waals surface area contributed by atoms with Gasteiger partial charge >= 0.3 is 13.7 Å². The third-order valence-corrected chi connectivity index (χ3v) is 5.07. The van der Waals surface area contributed by atoms with E-state index in [1.54, 1.807) is 36.4 Å². The van der Waals surface area contributed by atoms with Gasteiger partial charge in [0.25, 0.3) is 0 Å². The first kappa shape index (κ1) is 19.0. The summed E-state index contributed by atoms with van der Waals surface area (Å²) in [5, 5.41) is 2.39. The van der Waals surface area contributed by atoms with Crippen molar-refractivity contribution in [2.24, 2.45) is 0 Å². The van der Waals surface area contributed by atoms with Crippen molar-refractivity contribution in [3.05, 3.63) is 65.7 Å². The van der Waals surface area contributed by atoms with Crippen LogP contribution < -0.4 is 10.1 Å². The summed E-state index contributed by atoms with van der Waals surface area (Å²) < 4.78 is 27.4. The van der Waals surface area contributed by atoms with Crippen molar-refractivity contribution in [3.63, 3.8) is 0 Å². The molecule has 134 valence electrons. The van der Waals surface area contributed by atoms with Crippen LogP contribution in [-0.2, 0) is 20.4 Å². The van der Waals surface area contributed by atoms with Crippen LogP contribution in [0.15, 0.2) is 54.6 Å². The number of benzene rings is 2. The normalized spacial score (nSPS) is 14.2. The summed E-state index contributed by atoms with van der Waals surface area (Å²) in [6, 6.07) is 15.7. The van der Waals surface area contributed by atoms with Crippen LogP contribution in [-0.4, -0.2) is 25.2 Å². The van der Waals surface area contributed by atoms with Crippen LogP contribution in [0.25, 0.3) is 0 Å². The minimum absolute atomic E-state index is 0.0357. The van der Waals surface area contributed by atoms with Gasteiger partial charge < -0.3 is 24.2 Å². The highest BCUT2D eigenvalue weighted by Crippen LogP contribution is 2.55. The van der Waals surface area contributed by atoms with Gasteiger partial charge in [-0.05, 0) is 11.6 Å². The molecule has 0 saturated carbocycles. The molecule has 0 aliphatic carbocycles. The first-order chi connectivity index (χ1) is 12.0. The maximum Gasteiger partial charge on any atom is 0.408 e. The molecule has 0 bridgehead atoms. The van der Waals surface area contributed by atoms with Gasteiger partial charge in [-0.2, -0.15) is 0 Å². The van der Waals surface area contributed by atoms with Gasteiger partial charge in [0, 0.05) is 12.7 Å². The number of ether oxygens (including phenoxy) is 2. The molecule has 2 atom stereocenters. The maximum atomic E-state index is 12.4. The number of hydrogen-bond acceptors (Lipinski definition) is 5. The summed E-state index contributed by atoms with van der Waals surface area (Å²) in [5.41, 5.74) is 1.11. The monoisotopic (exact) mass is 365 g/mol. The van der Waals surface area contributed by atoms with E-state index in [1.807, 2.05) is 18.2 Å². The van der Waals surface area contributed by atoms with Crippen LogP contribution in [0.4, 0.5) is 4.79 Å². The largest absolute Gasteiger partial charge is 0.496 e. The maximum absolute atomic E-state index is 12.4.